The van der Waals surface area contributed by atoms with Gasteiger partial charge in [-0.1, -0.05) is 103 Å². The van der Waals surface area contributed by atoms with E-state index in [0.29, 0.717) is 28.7 Å². The summed E-state index contributed by atoms with van der Waals surface area (Å²) in [6, 6.07) is 30.0. The molecule has 4 aromatic carbocycles. The Labute approximate surface area is 267 Å². The van der Waals surface area contributed by atoms with Crippen LogP contribution in [0.15, 0.2) is 115 Å². The Kier molecular flexibility index (Phi) is 6.47. The number of Topliss-reactive ketones (excluding diaryl/α,β-unsaturated/α-hetero) is 1. The summed E-state index contributed by atoms with van der Waals surface area (Å²) in [6.45, 7) is 2.09. The third-order valence-corrected chi connectivity index (χ3v) is 11.0. The maximum atomic E-state index is 15.2. The van der Waals surface area contributed by atoms with Gasteiger partial charge in [-0.05, 0) is 59.7 Å². The minimum Gasteiger partial charge on any atom is -0.508 e. The van der Waals surface area contributed by atoms with Crippen molar-refractivity contribution in [3.05, 3.63) is 131 Å². The molecule has 1 N–H and O–H groups in total. The van der Waals surface area contributed by atoms with Crippen LogP contribution in [0.5, 0.6) is 5.75 Å². The number of carbonyl (C=O) groups is 4. The number of hydrogen-bond donors (Lipinski definition) is 1. The molecule has 6 heteroatoms. The Hall–Kier alpha value is -5.10. The molecule has 1 aliphatic heterocycles. The number of rotatable bonds is 4. The molecule has 1 saturated heterocycles. The summed E-state index contributed by atoms with van der Waals surface area (Å²) in [5.74, 6) is -3.91. The molecule has 4 aromatic rings. The summed E-state index contributed by atoms with van der Waals surface area (Å²) in [6.07, 6.45) is 4.15. The third kappa shape index (κ3) is 3.76. The molecule has 6 atom stereocenters. The van der Waals surface area contributed by atoms with Crippen LogP contribution in [-0.2, 0) is 24.6 Å². The summed E-state index contributed by atoms with van der Waals surface area (Å²) in [4.78, 5) is 58.9. The van der Waals surface area contributed by atoms with Crippen LogP contribution in [0.2, 0.25) is 0 Å². The molecule has 8 rings (SSSR count). The molecule has 6 nitrogen and oxygen atoms in total. The molecule has 0 radical (unpaired) electrons. The van der Waals surface area contributed by atoms with Crippen molar-refractivity contribution in [1.82, 2.24) is 4.90 Å². The second-order valence-electron chi connectivity index (χ2n) is 12.9. The number of ketones is 2. The van der Waals surface area contributed by atoms with Crippen LogP contribution in [0, 0.1) is 23.7 Å². The average Bonchev–Trinajstić information content (AvgIpc) is 3.34. The Bertz CT molecular complexity index is 2010. The van der Waals surface area contributed by atoms with Crippen LogP contribution < -0.4 is 0 Å². The molecular weight excluding hydrogens is 574 g/mol. The molecule has 3 aliphatic carbocycles. The first-order valence-electron chi connectivity index (χ1n) is 16.0. The Morgan fingerprint density at radius 2 is 1.50 bits per heavy atom. The highest BCUT2D eigenvalue weighted by Gasteiger charge is 2.66. The lowest BCUT2D eigenvalue weighted by Gasteiger charge is -2.55. The SMILES string of the molecule is CCN1C(=O)[C@H]2[C@H](CC=C3[C@H]2C[C@H]2C(=O)C(c4ccccc4)=CC(=O)[C@@]2(c2ccccc2)[C@H]3c2c(O)ccc3ccccc23)C1=O. The molecule has 1 heterocycles. The maximum Gasteiger partial charge on any atom is 0.233 e. The number of amides is 2. The molecule has 0 bridgehead atoms. The number of allylic oxidation sites excluding steroid dienone is 4. The van der Waals surface area contributed by atoms with Gasteiger partial charge < -0.3 is 5.11 Å². The standard InChI is InChI=1S/C40H33NO5/c1-2-41-38(45)28-19-18-27-30(34(28)39(41)46)21-31-37(44)29(23-11-5-3-6-12-23)22-33(43)40(31,25-14-7-4-8-15-25)36(27)35-26-16-10-9-13-24(26)17-20-32(35)42/h3-18,20,22,28,30-31,34,36,42H,2,19,21H2,1H3/t28-,30+,31-,34-,36+,40-/m0/s1. The van der Waals surface area contributed by atoms with Crippen LogP contribution in [0.4, 0.5) is 0 Å². The van der Waals surface area contributed by atoms with Gasteiger partial charge in [0.15, 0.2) is 11.6 Å². The van der Waals surface area contributed by atoms with Crippen LogP contribution in [0.25, 0.3) is 16.3 Å². The number of fused-ring (bicyclic) bond motifs is 5. The zero-order chi connectivity index (χ0) is 31.7. The van der Waals surface area contributed by atoms with Gasteiger partial charge in [0, 0.05) is 29.5 Å². The zero-order valence-electron chi connectivity index (χ0n) is 25.4. The van der Waals surface area contributed by atoms with E-state index < -0.39 is 35.0 Å². The van der Waals surface area contributed by atoms with E-state index in [4.69, 9.17) is 0 Å². The molecular formula is C40H33NO5. The summed E-state index contributed by atoms with van der Waals surface area (Å²) in [5.41, 5.74) is 1.76. The summed E-state index contributed by atoms with van der Waals surface area (Å²) >= 11 is 0. The van der Waals surface area contributed by atoms with E-state index in [-0.39, 0.29) is 42.1 Å². The third-order valence-electron chi connectivity index (χ3n) is 11.0. The smallest absolute Gasteiger partial charge is 0.233 e. The first-order chi connectivity index (χ1) is 22.4. The fourth-order valence-corrected chi connectivity index (χ4v) is 9.15. The van der Waals surface area contributed by atoms with Gasteiger partial charge in [0.05, 0.1) is 17.3 Å². The minimum atomic E-state index is -1.39. The Morgan fingerprint density at radius 3 is 2.24 bits per heavy atom. The number of benzene rings is 4. The molecule has 0 spiro atoms. The Balaban J connectivity index is 1.46. The predicted octanol–water partition coefficient (Wildman–Crippen LogP) is 6.39. The van der Waals surface area contributed by atoms with Crippen molar-refractivity contribution >= 4 is 39.7 Å². The fourth-order valence-electron chi connectivity index (χ4n) is 9.15. The van der Waals surface area contributed by atoms with Gasteiger partial charge in [-0.3, -0.25) is 24.1 Å². The van der Waals surface area contributed by atoms with E-state index in [1.165, 1.54) is 11.0 Å². The predicted molar refractivity (Wildman–Crippen MR) is 175 cm³/mol. The number of aromatic hydroxyl groups is 1. The van der Waals surface area contributed by atoms with Crippen molar-refractivity contribution in [3.8, 4) is 5.75 Å². The largest absolute Gasteiger partial charge is 0.508 e. The first kappa shape index (κ1) is 28.4. The lowest BCUT2D eigenvalue weighted by atomic mass is 9.44. The van der Waals surface area contributed by atoms with Crippen molar-refractivity contribution in [3.63, 3.8) is 0 Å². The topological polar surface area (TPSA) is 91.8 Å². The molecule has 2 amide bonds. The monoisotopic (exact) mass is 607 g/mol. The number of hydrogen-bond acceptors (Lipinski definition) is 5. The molecule has 0 aromatic heterocycles. The molecule has 4 aliphatic rings. The maximum absolute atomic E-state index is 15.2. The molecule has 228 valence electrons. The summed E-state index contributed by atoms with van der Waals surface area (Å²) < 4.78 is 0. The lowest BCUT2D eigenvalue weighted by Crippen LogP contribution is -2.58. The van der Waals surface area contributed by atoms with E-state index in [9.17, 15) is 19.5 Å². The number of likely N-dealkylation sites (tertiary alicyclic amines) is 1. The average molecular weight is 608 g/mol. The lowest BCUT2D eigenvalue weighted by molar-refractivity contribution is -0.140. The normalized spacial score (nSPS) is 28.8. The van der Waals surface area contributed by atoms with Crippen molar-refractivity contribution in [1.29, 1.82) is 0 Å². The Morgan fingerprint density at radius 1 is 0.804 bits per heavy atom. The second kappa shape index (κ2) is 10.5. The zero-order valence-corrected chi connectivity index (χ0v) is 25.4. The summed E-state index contributed by atoms with van der Waals surface area (Å²) in [5, 5.41) is 13.5. The number of imide groups is 1. The highest BCUT2D eigenvalue weighted by Crippen LogP contribution is 2.65. The van der Waals surface area contributed by atoms with Gasteiger partial charge in [0.1, 0.15) is 5.75 Å². The van der Waals surface area contributed by atoms with Crippen molar-refractivity contribution in [2.24, 2.45) is 23.7 Å². The highest BCUT2D eigenvalue weighted by molar-refractivity contribution is 6.31. The number of nitrogens with zero attached hydrogens (tertiary/aromatic N) is 1. The number of phenols is 1. The van der Waals surface area contributed by atoms with E-state index in [1.807, 2.05) is 97.1 Å². The van der Waals surface area contributed by atoms with Crippen molar-refractivity contribution < 1.29 is 24.3 Å². The first-order valence-corrected chi connectivity index (χ1v) is 16.0. The highest BCUT2D eigenvalue weighted by atomic mass is 16.3. The molecule has 0 unspecified atom stereocenters. The van der Waals surface area contributed by atoms with E-state index in [1.54, 1.807) is 13.0 Å². The fraction of sp³-hybridized carbons (Fsp3) is 0.250. The van der Waals surface area contributed by atoms with Gasteiger partial charge >= 0.3 is 0 Å². The van der Waals surface area contributed by atoms with Gasteiger partial charge in [-0.25, -0.2) is 0 Å². The number of phenolic OH excluding ortho intramolecular Hbond substituents is 1. The quantitative estimate of drug-likeness (QED) is 0.215. The van der Waals surface area contributed by atoms with E-state index >= 15 is 4.79 Å². The molecule has 46 heavy (non-hydrogen) atoms. The molecule has 2 fully saturated rings. The van der Waals surface area contributed by atoms with Crippen LogP contribution in [0.1, 0.15) is 42.4 Å². The van der Waals surface area contributed by atoms with Crippen molar-refractivity contribution in [2.75, 3.05) is 6.54 Å². The number of carbonyl (C=O) groups excluding carboxylic acids is 4. The van der Waals surface area contributed by atoms with Gasteiger partial charge in [-0.15, -0.1) is 0 Å². The minimum absolute atomic E-state index is 0.0310. The van der Waals surface area contributed by atoms with Crippen LogP contribution >= 0.6 is 0 Å². The van der Waals surface area contributed by atoms with Crippen LogP contribution in [0.3, 0.4) is 0 Å². The van der Waals surface area contributed by atoms with Crippen LogP contribution in [-0.4, -0.2) is 39.9 Å². The van der Waals surface area contributed by atoms with Gasteiger partial charge in [0.2, 0.25) is 11.8 Å². The van der Waals surface area contributed by atoms with Gasteiger partial charge in [-0.2, -0.15) is 0 Å². The van der Waals surface area contributed by atoms with E-state index in [2.05, 4.69) is 0 Å². The molecule has 1 saturated carbocycles. The van der Waals surface area contributed by atoms with Gasteiger partial charge in [0.25, 0.3) is 0 Å². The van der Waals surface area contributed by atoms with Crippen molar-refractivity contribution in [2.45, 2.75) is 31.1 Å². The van der Waals surface area contributed by atoms with E-state index in [0.717, 1.165) is 16.3 Å². The second-order valence-corrected chi connectivity index (χ2v) is 12.9. The summed E-state index contributed by atoms with van der Waals surface area (Å²) in [7, 11) is 0.